The normalized spacial score (nSPS) is 10.8. The number of thiophene rings is 1. The number of Topliss-reactive ketones (excluding diaryl/α,β-unsaturated/α-hetero) is 1. The van der Waals surface area contributed by atoms with Crippen molar-refractivity contribution in [3.8, 4) is 0 Å². The lowest BCUT2D eigenvalue weighted by Gasteiger charge is -1.96. The zero-order chi connectivity index (χ0) is 11.7. The van der Waals surface area contributed by atoms with Crippen molar-refractivity contribution >= 4 is 22.6 Å². The molecule has 0 aliphatic heterocycles. The Bertz CT molecular complexity index is 657. The molecule has 0 saturated heterocycles. The third kappa shape index (κ3) is 1.85. The number of hydrogen-bond acceptors (Lipinski definition) is 4. The van der Waals surface area contributed by atoms with E-state index in [0.717, 1.165) is 10.4 Å². The van der Waals surface area contributed by atoms with Crippen molar-refractivity contribution in [3.05, 3.63) is 52.7 Å². The quantitative estimate of drug-likeness (QED) is 0.663. The van der Waals surface area contributed by atoms with E-state index < -0.39 is 0 Å². The minimum atomic E-state index is 0.0791. The first-order valence-corrected chi connectivity index (χ1v) is 6.05. The van der Waals surface area contributed by atoms with Crippen LogP contribution < -0.4 is 0 Å². The van der Waals surface area contributed by atoms with E-state index in [1.807, 2.05) is 17.5 Å². The Morgan fingerprint density at radius 2 is 2.35 bits per heavy atom. The van der Waals surface area contributed by atoms with Crippen LogP contribution in [-0.4, -0.2) is 20.4 Å². The van der Waals surface area contributed by atoms with Gasteiger partial charge >= 0.3 is 0 Å². The molecule has 17 heavy (non-hydrogen) atoms. The number of fused-ring (bicyclic) bond motifs is 1. The Morgan fingerprint density at radius 1 is 1.41 bits per heavy atom. The van der Waals surface area contributed by atoms with Gasteiger partial charge in [-0.1, -0.05) is 6.07 Å². The molecule has 0 atom stereocenters. The van der Waals surface area contributed by atoms with Crippen LogP contribution in [0.15, 0.2) is 42.3 Å². The molecule has 4 nitrogen and oxygen atoms in total. The van der Waals surface area contributed by atoms with Gasteiger partial charge in [-0.3, -0.25) is 9.78 Å². The van der Waals surface area contributed by atoms with E-state index in [0.29, 0.717) is 12.0 Å². The van der Waals surface area contributed by atoms with Crippen LogP contribution in [0.2, 0.25) is 0 Å². The minimum absolute atomic E-state index is 0.0791. The first-order chi connectivity index (χ1) is 8.34. The molecule has 5 heteroatoms. The molecule has 0 saturated carbocycles. The molecule has 0 bridgehead atoms. The van der Waals surface area contributed by atoms with Crippen LogP contribution in [0.25, 0.3) is 5.52 Å². The Kier molecular flexibility index (Phi) is 2.45. The maximum atomic E-state index is 12.1. The van der Waals surface area contributed by atoms with Crippen LogP contribution in [-0.2, 0) is 6.42 Å². The molecule has 0 aliphatic rings. The summed E-state index contributed by atoms with van der Waals surface area (Å²) < 4.78 is 1.66. The number of aromatic nitrogens is 3. The zero-order valence-corrected chi connectivity index (χ0v) is 9.72. The van der Waals surface area contributed by atoms with Gasteiger partial charge in [0.2, 0.25) is 0 Å². The van der Waals surface area contributed by atoms with E-state index in [1.165, 1.54) is 0 Å². The lowest BCUT2D eigenvalue weighted by molar-refractivity contribution is 0.0995. The second-order valence-corrected chi connectivity index (χ2v) is 4.68. The van der Waals surface area contributed by atoms with E-state index in [9.17, 15) is 4.79 Å². The van der Waals surface area contributed by atoms with Crippen LogP contribution in [0.4, 0.5) is 0 Å². The van der Waals surface area contributed by atoms with Crippen molar-refractivity contribution in [2.75, 3.05) is 0 Å². The second kappa shape index (κ2) is 4.10. The van der Waals surface area contributed by atoms with Crippen molar-refractivity contribution in [2.24, 2.45) is 0 Å². The highest BCUT2D eigenvalue weighted by Crippen LogP contribution is 2.15. The van der Waals surface area contributed by atoms with Gasteiger partial charge in [-0.05, 0) is 11.4 Å². The van der Waals surface area contributed by atoms with Gasteiger partial charge in [-0.15, -0.1) is 11.3 Å². The molecule has 0 radical (unpaired) electrons. The van der Waals surface area contributed by atoms with Crippen LogP contribution >= 0.6 is 11.3 Å². The van der Waals surface area contributed by atoms with Crippen molar-refractivity contribution in [1.82, 2.24) is 14.6 Å². The van der Waals surface area contributed by atoms with E-state index >= 15 is 0 Å². The van der Waals surface area contributed by atoms with Gasteiger partial charge in [0, 0.05) is 23.7 Å². The van der Waals surface area contributed by atoms with Crippen molar-refractivity contribution < 1.29 is 4.79 Å². The number of ketones is 1. The molecule has 0 spiro atoms. The third-order valence-corrected chi connectivity index (χ3v) is 3.42. The molecule has 0 aromatic carbocycles. The predicted octanol–water partition coefficient (Wildman–Crippen LogP) is 2.22. The highest BCUT2D eigenvalue weighted by atomic mass is 32.1. The van der Waals surface area contributed by atoms with Gasteiger partial charge in [0.1, 0.15) is 0 Å². The van der Waals surface area contributed by atoms with Gasteiger partial charge in [-0.2, -0.15) is 5.10 Å². The summed E-state index contributed by atoms with van der Waals surface area (Å²) in [5.41, 5.74) is 1.39. The Balaban J connectivity index is 1.96. The molecule has 3 heterocycles. The lowest BCUT2D eigenvalue weighted by atomic mass is 10.1. The number of hydrogen-bond donors (Lipinski definition) is 0. The highest BCUT2D eigenvalue weighted by Gasteiger charge is 2.13. The fourth-order valence-corrected chi connectivity index (χ4v) is 2.42. The molecular weight excluding hydrogens is 234 g/mol. The zero-order valence-electron chi connectivity index (χ0n) is 8.91. The average Bonchev–Trinajstić information content (AvgIpc) is 2.96. The molecule has 0 fully saturated rings. The summed E-state index contributed by atoms with van der Waals surface area (Å²) in [4.78, 5) is 17.2. The molecule has 0 N–H and O–H groups in total. The number of rotatable bonds is 3. The van der Waals surface area contributed by atoms with E-state index in [2.05, 4.69) is 10.1 Å². The van der Waals surface area contributed by atoms with Gasteiger partial charge in [0.15, 0.2) is 5.78 Å². The summed E-state index contributed by atoms with van der Waals surface area (Å²) in [6.07, 6.45) is 7.07. The van der Waals surface area contributed by atoms with E-state index in [4.69, 9.17) is 0 Å². The molecule has 0 aliphatic carbocycles. The first kappa shape index (κ1) is 10.2. The predicted molar refractivity (Wildman–Crippen MR) is 65.3 cm³/mol. The molecule has 0 unspecified atom stereocenters. The SMILES string of the molecule is O=C(Cc1cccs1)c1cnn2ccncc12. The van der Waals surface area contributed by atoms with Crippen LogP contribution in [0.3, 0.4) is 0 Å². The average molecular weight is 243 g/mol. The van der Waals surface area contributed by atoms with Crippen molar-refractivity contribution in [2.45, 2.75) is 6.42 Å². The molecular formula is C12H9N3OS. The van der Waals surface area contributed by atoms with E-state index in [1.54, 1.807) is 40.6 Å². The fraction of sp³-hybridized carbons (Fsp3) is 0.0833. The summed E-state index contributed by atoms with van der Waals surface area (Å²) in [5, 5.41) is 6.10. The van der Waals surface area contributed by atoms with Crippen LogP contribution in [0.5, 0.6) is 0 Å². The molecule has 84 valence electrons. The monoisotopic (exact) mass is 243 g/mol. The standard InChI is InChI=1S/C12H9N3OS/c16-12(6-9-2-1-5-17-9)10-7-14-15-4-3-13-8-11(10)15/h1-5,7-8H,6H2. The Hall–Kier alpha value is -2.01. The number of nitrogens with zero attached hydrogens (tertiary/aromatic N) is 3. The number of carbonyl (C=O) groups excluding carboxylic acids is 1. The number of carbonyl (C=O) groups is 1. The summed E-state index contributed by atoms with van der Waals surface area (Å²) in [6.45, 7) is 0. The topological polar surface area (TPSA) is 47.3 Å². The largest absolute Gasteiger partial charge is 0.294 e. The summed E-state index contributed by atoms with van der Waals surface area (Å²) in [6, 6.07) is 3.91. The molecule has 3 aromatic rings. The molecule has 3 aromatic heterocycles. The third-order valence-electron chi connectivity index (χ3n) is 2.54. The second-order valence-electron chi connectivity index (χ2n) is 3.64. The summed E-state index contributed by atoms with van der Waals surface area (Å²) in [7, 11) is 0. The smallest absolute Gasteiger partial charge is 0.171 e. The van der Waals surface area contributed by atoms with Crippen LogP contribution in [0.1, 0.15) is 15.2 Å². The lowest BCUT2D eigenvalue weighted by Crippen LogP contribution is -2.01. The van der Waals surface area contributed by atoms with Crippen molar-refractivity contribution in [3.63, 3.8) is 0 Å². The minimum Gasteiger partial charge on any atom is -0.294 e. The van der Waals surface area contributed by atoms with E-state index in [-0.39, 0.29) is 5.78 Å². The van der Waals surface area contributed by atoms with Crippen molar-refractivity contribution in [1.29, 1.82) is 0 Å². The molecule has 0 amide bonds. The summed E-state index contributed by atoms with van der Waals surface area (Å²) >= 11 is 1.59. The van der Waals surface area contributed by atoms with Gasteiger partial charge in [0.05, 0.1) is 23.5 Å². The van der Waals surface area contributed by atoms with Gasteiger partial charge < -0.3 is 0 Å². The van der Waals surface area contributed by atoms with Crippen LogP contribution in [0, 0.1) is 0 Å². The molecule has 3 rings (SSSR count). The maximum Gasteiger partial charge on any atom is 0.171 e. The fourth-order valence-electron chi connectivity index (χ4n) is 1.72. The Morgan fingerprint density at radius 3 is 3.18 bits per heavy atom. The maximum absolute atomic E-state index is 12.1. The Labute approximate surface area is 102 Å². The van der Waals surface area contributed by atoms with Gasteiger partial charge in [0.25, 0.3) is 0 Å². The first-order valence-electron chi connectivity index (χ1n) is 5.17. The summed E-state index contributed by atoms with van der Waals surface area (Å²) in [5.74, 6) is 0.0791. The highest BCUT2D eigenvalue weighted by molar-refractivity contribution is 7.10. The van der Waals surface area contributed by atoms with Gasteiger partial charge in [-0.25, -0.2) is 4.52 Å².